The fourth-order valence-electron chi connectivity index (χ4n) is 1.42. The Morgan fingerprint density at radius 1 is 1.50 bits per heavy atom. The third-order valence-electron chi connectivity index (χ3n) is 2.33. The number of benzene rings is 1. The number of nitro groups is 1. The molecule has 1 rings (SSSR count). The highest BCUT2D eigenvalue weighted by Gasteiger charge is 2.15. The van der Waals surface area contributed by atoms with Crippen molar-refractivity contribution in [2.24, 2.45) is 0 Å². The van der Waals surface area contributed by atoms with E-state index in [2.05, 4.69) is 10.6 Å². The summed E-state index contributed by atoms with van der Waals surface area (Å²) in [6.45, 7) is 0.393. The predicted molar refractivity (Wildman–Crippen MR) is 66.7 cm³/mol. The average molecular weight is 253 g/mol. The summed E-state index contributed by atoms with van der Waals surface area (Å²) >= 11 is 0. The van der Waals surface area contributed by atoms with Gasteiger partial charge in [-0.1, -0.05) is 0 Å². The Kier molecular flexibility index (Phi) is 5.06. The standard InChI is InChI=1S/C11H15N3O4/c1-12-11(16)8-3-4-10(14(17)18)9(7-8)13-5-2-6-15/h3-4,7,13,15H,2,5-6H2,1H3,(H,12,16). The molecule has 0 atom stereocenters. The summed E-state index contributed by atoms with van der Waals surface area (Å²) in [7, 11) is 1.49. The van der Waals surface area contributed by atoms with Gasteiger partial charge in [0.25, 0.3) is 11.6 Å². The van der Waals surface area contributed by atoms with E-state index in [0.717, 1.165) is 0 Å². The van der Waals surface area contributed by atoms with Crippen molar-refractivity contribution in [1.29, 1.82) is 0 Å². The minimum absolute atomic E-state index is 0.00403. The Labute approximate surface area is 104 Å². The van der Waals surface area contributed by atoms with Gasteiger partial charge >= 0.3 is 0 Å². The van der Waals surface area contributed by atoms with E-state index in [-0.39, 0.29) is 23.9 Å². The Morgan fingerprint density at radius 2 is 2.22 bits per heavy atom. The quantitative estimate of drug-likeness (QED) is 0.394. The number of aliphatic hydroxyl groups excluding tert-OH is 1. The second-order valence-corrected chi connectivity index (χ2v) is 3.57. The molecule has 3 N–H and O–H groups in total. The second kappa shape index (κ2) is 6.55. The summed E-state index contributed by atoms with van der Waals surface area (Å²) in [5.74, 6) is -0.310. The molecular formula is C11H15N3O4. The van der Waals surface area contributed by atoms with Crippen LogP contribution in [0, 0.1) is 10.1 Å². The number of aliphatic hydroxyl groups is 1. The van der Waals surface area contributed by atoms with Gasteiger partial charge in [0.1, 0.15) is 5.69 Å². The van der Waals surface area contributed by atoms with Gasteiger partial charge in [0.05, 0.1) is 4.92 Å². The molecule has 1 amide bonds. The number of nitrogens with one attached hydrogen (secondary N) is 2. The van der Waals surface area contributed by atoms with Crippen LogP contribution in [0.2, 0.25) is 0 Å². The van der Waals surface area contributed by atoms with Gasteiger partial charge in [-0.05, 0) is 18.6 Å². The van der Waals surface area contributed by atoms with Crippen molar-refractivity contribution >= 4 is 17.3 Å². The van der Waals surface area contributed by atoms with Crippen LogP contribution in [0.5, 0.6) is 0 Å². The third-order valence-corrected chi connectivity index (χ3v) is 2.33. The molecule has 7 nitrogen and oxygen atoms in total. The maximum atomic E-state index is 11.4. The molecule has 0 bridgehead atoms. The lowest BCUT2D eigenvalue weighted by molar-refractivity contribution is -0.384. The molecule has 0 heterocycles. The highest BCUT2D eigenvalue weighted by Crippen LogP contribution is 2.25. The molecule has 1 aromatic carbocycles. The highest BCUT2D eigenvalue weighted by molar-refractivity contribution is 5.95. The van der Waals surface area contributed by atoms with Crippen LogP contribution in [-0.2, 0) is 0 Å². The normalized spacial score (nSPS) is 9.89. The Morgan fingerprint density at radius 3 is 2.78 bits per heavy atom. The molecule has 0 fully saturated rings. The van der Waals surface area contributed by atoms with Gasteiger partial charge in [-0.25, -0.2) is 0 Å². The van der Waals surface area contributed by atoms with E-state index < -0.39 is 4.92 Å². The van der Waals surface area contributed by atoms with Gasteiger partial charge in [-0.3, -0.25) is 14.9 Å². The van der Waals surface area contributed by atoms with Gasteiger partial charge in [0.15, 0.2) is 0 Å². The zero-order valence-electron chi connectivity index (χ0n) is 9.97. The molecule has 0 aromatic heterocycles. The van der Waals surface area contributed by atoms with E-state index in [4.69, 9.17) is 5.11 Å². The largest absolute Gasteiger partial charge is 0.396 e. The molecule has 7 heteroatoms. The van der Waals surface area contributed by atoms with Crippen molar-refractivity contribution in [1.82, 2.24) is 5.32 Å². The van der Waals surface area contributed by atoms with E-state index >= 15 is 0 Å². The van der Waals surface area contributed by atoms with Crippen LogP contribution in [0.25, 0.3) is 0 Å². The van der Waals surface area contributed by atoms with Crippen LogP contribution in [-0.4, -0.2) is 36.1 Å². The number of hydrogen-bond acceptors (Lipinski definition) is 5. The summed E-state index contributed by atoms with van der Waals surface area (Å²) in [6.07, 6.45) is 0.474. The Balaban J connectivity index is 2.99. The molecular weight excluding hydrogens is 238 g/mol. The minimum Gasteiger partial charge on any atom is -0.396 e. The molecule has 0 radical (unpaired) electrons. The van der Waals surface area contributed by atoms with Crippen LogP contribution in [0.15, 0.2) is 18.2 Å². The molecule has 0 aliphatic heterocycles. The van der Waals surface area contributed by atoms with Gasteiger partial charge in [-0.15, -0.1) is 0 Å². The SMILES string of the molecule is CNC(=O)c1ccc([N+](=O)[O-])c(NCCCO)c1. The van der Waals surface area contributed by atoms with Crippen molar-refractivity contribution < 1.29 is 14.8 Å². The van der Waals surface area contributed by atoms with Crippen LogP contribution < -0.4 is 10.6 Å². The topological polar surface area (TPSA) is 104 Å². The fraction of sp³-hybridized carbons (Fsp3) is 0.364. The van der Waals surface area contributed by atoms with Gasteiger partial charge in [0.2, 0.25) is 0 Å². The van der Waals surface area contributed by atoms with E-state index in [0.29, 0.717) is 18.5 Å². The number of hydrogen-bond donors (Lipinski definition) is 3. The first-order valence-corrected chi connectivity index (χ1v) is 5.45. The van der Waals surface area contributed by atoms with Crippen LogP contribution in [0.1, 0.15) is 16.8 Å². The van der Waals surface area contributed by atoms with Crippen molar-refractivity contribution in [3.63, 3.8) is 0 Å². The van der Waals surface area contributed by atoms with Crippen LogP contribution in [0.4, 0.5) is 11.4 Å². The maximum Gasteiger partial charge on any atom is 0.292 e. The third kappa shape index (κ3) is 3.42. The van der Waals surface area contributed by atoms with E-state index in [1.54, 1.807) is 0 Å². The lowest BCUT2D eigenvalue weighted by Crippen LogP contribution is -2.18. The van der Waals surface area contributed by atoms with E-state index in [9.17, 15) is 14.9 Å². The maximum absolute atomic E-state index is 11.4. The predicted octanol–water partition coefficient (Wildman–Crippen LogP) is 0.749. The minimum atomic E-state index is -0.519. The summed E-state index contributed by atoms with van der Waals surface area (Å²) in [5, 5.41) is 24.8. The van der Waals surface area contributed by atoms with E-state index in [1.165, 1.54) is 25.2 Å². The number of anilines is 1. The molecule has 18 heavy (non-hydrogen) atoms. The zero-order chi connectivity index (χ0) is 13.5. The first-order chi connectivity index (χ1) is 8.60. The summed E-state index contributed by atoms with van der Waals surface area (Å²) in [5.41, 5.74) is 0.518. The number of carbonyl (C=O) groups is 1. The highest BCUT2D eigenvalue weighted by atomic mass is 16.6. The van der Waals surface area contributed by atoms with E-state index in [1.807, 2.05) is 0 Å². The monoisotopic (exact) mass is 253 g/mol. The fourth-order valence-corrected chi connectivity index (χ4v) is 1.42. The number of nitro benzene ring substituents is 1. The van der Waals surface area contributed by atoms with Crippen LogP contribution >= 0.6 is 0 Å². The Bertz CT molecular complexity index is 448. The molecule has 98 valence electrons. The molecule has 0 aliphatic rings. The first kappa shape index (κ1) is 13.9. The lowest BCUT2D eigenvalue weighted by Gasteiger charge is -2.08. The lowest BCUT2D eigenvalue weighted by atomic mass is 10.1. The van der Waals surface area contributed by atoms with Gasteiger partial charge < -0.3 is 15.7 Å². The first-order valence-electron chi connectivity index (χ1n) is 5.45. The van der Waals surface area contributed by atoms with Crippen molar-refractivity contribution in [3.05, 3.63) is 33.9 Å². The molecule has 1 aromatic rings. The average Bonchev–Trinajstić information content (AvgIpc) is 2.37. The molecule has 0 spiro atoms. The van der Waals surface area contributed by atoms with Crippen molar-refractivity contribution in [2.45, 2.75) is 6.42 Å². The number of rotatable bonds is 6. The van der Waals surface area contributed by atoms with Crippen molar-refractivity contribution in [3.8, 4) is 0 Å². The summed E-state index contributed by atoms with van der Waals surface area (Å²) < 4.78 is 0. The summed E-state index contributed by atoms with van der Waals surface area (Å²) in [6, 6.07) is 4.11. The van der Waals surface area contributed by atoms with Crippen molar-refractivity contribution in [2.75, 3.05) is 25.5 Å². The number of carbonyl (C=O) groups excluding carboxylic acids is 1. The number of amides is 1. The Hall–Kier alpha value is -2.15. The number of nitrogens with zero attached hydrogens (tertiary/aromatic N) is 1. The van der Waals surface area contributed by atoms with Gasteiger partial charge in [-0.2, -0.15) is 0 Å². The molecule has 0 unspecified atom stereocenters. The zero-order valence-corrected chi connectivity index (χ0v) is 9.97. The smallest absolute Gasteiger partial charge is 0.292 e. The van der Waals surface area contributed by atoms with Crippen LogP contribution in [0.3, 0.4) is 0 Å². The van der Waals surface area contributed by atoms with Gasteiger partial charge in [0, 0.05) is 31.8 Å². The molecule has 0 saturated heterocycles. The second-order valence-electron chi connectivity index (χ2n) is 3.57. The summed E-state index contributed by atoms with van der Waals surface area (Å²) in [4.78, 5) is 21.7. The molecule has 0 aliphatic carbocycles. The molecule has 0 saturated carbocycles.